The number of para-hydroxylation sites is 1. The van der Waals surface area contributed by atoms with Crippen LogP contribution in [0, 0.1) is 0 Å². The highest BCUT2D eigenvalue weighted by atomic mass is 79.9. The fourth-order valence-electron chi connectivity index (χ4n) is 4.63. The second-order valence-electron chi connectivity index (χ2n) is 9.67. The predicted octanol–water partition coefficient (Wildman–Crippen LogP) is 5.59. The zero-order valence-corrected chi connectivity index (χ0v) is 27.2. The van der Waals surface area contributed by atoms with Crippen LogP contribution in [0.4, 0.5) is 13.2 Å². The third-order valence-corrected chi connectivity index (χ3v) is 8.84. The Morgan fingerprint density at radius 3 is 2.17 bits per heavy atom. The molecule has 11 nitrogen and oxygen atoms in total. The van der Waals surface area contributed by atoms with E-state index in [0.717, 1.165) is 18.2 Å². The number of halogens is 5. The van der Waals surface area contributed by atoms with Gasteiger partial charge in [-0.3, -0.25) is 0 Å². The predicted molar refractivity (Wildman–Crippen MR) is 163 cm³/mol. The summed E-state index contributed by atoms with van der Waals surface area (Å²) >= 11 is 6.67. The Hall–Kier alpha value is -4.35. The maximum atomic E-state index is 13.9. The van der Waals surface area contributed by atoms with E-state index in [1.54, 1.807) is 41.9 Å². The summed E-state index contributed by atoms with van der Waals surface area (Å²) in [4.78, 5) is 31.1. The first-order valence-electron chi connectivity index (χ1n) is 12.9. The molecule has 0 radical (unpaired) electrons. The molecule has 0 saturated heterocycles. The van der Waals surface area contributed by atoms with E-state index in [-0.39, 0.29) is 49.4 Å². The van der Waals surface area contributed by atoms with Gasteiger partial charge in [-0.2, -0.15) is 26.2 Å². The van der Waals surface area contributed by atoms with E-state index in [2.05, 4.69) is 36.0 Å². The Morgan fingerprint density at radius 1 is 0.935 bits per heavy atom. The highest BCUT2D eigenvalue weighted by Gasteiger charge is 2.49. The third kappa shape index (κ3) is 6.34. The number of ether oxygens (including phenoxy) is 1. The first kappa shape index (κ1) is 33.0. The Kier molecular flexibility index (Phi) is 8.94. The summed E-state index contributed by atoms with van der Waals surface area (Å²) in [5, 5.41) is 19.3. The van der Waals surface area contributed by atoms with Crippen molar-refractivity contribution in [3.05, 3.63) is 86.8 Å². The van der Waals surface area contributed by atoms with E-state index >= 15 is 0 Å². The molecule has 0 unspecified atom stereocenters. The smallest absolute Gasteiger partial charge is 0.492 e. The number of fused-ring (bicyclic) bond motifs is 2. The van der Waals surface area contributed by atoms with E-state index in [9.17, 15) is 41.4 Å². The van der Waals surface area contributed by atoms with Crippen LogP contribution >= 0.6 is 31.9 Å². The minimum absolute atomic E-state index is 0.0229. The number of aromatic hydroxyl groups is 2. The zero-order chi connectivity index (χ0) is 33.6. The molecule has 3 aromatic carbocycles. The van der Waals surface area contributed by atoms with Crippen LogP contribution in [-0.4, -0.2) is 40.8 Å². The van der Waals surface area contributed by atoms with Crippen LogP contribution < -0.4 is 18.3 Å². The molecule has 0 bridgehead atoms. The van der Waals surface area contributed by atoms with Gasteiger partial charge in [-0.05, 0) is 68.1 Å². The monoisotopic (exact) mass is 787 g/mol. The zero-order valence-electron chi connectivity index (χ0n) is 23.2. The maximum Gasteiger partial charge on any atom is 0.534 e. The van der Waals surface area contributed by atoms with Crippen LogP contribution in [-0.2, 0) is 28.4 Å². The van der Waals surface area contributed by atoms with Crippen molar-refractivity contribution < 1.29 is 59.7 Å². The van der Waals surface area contributed by atoms with Crippen molar-refractivity contribution in [1.29, 1.82) is 0 Å². The van der Waals surface area contributed by atoms with Crippen molar-refractivity contribution in [3.8, 4) is 23.3 Å². The van der Waals surface area contributed by atoms with Gasteiger partial charge in [0.1, 0.15) is 12.4 Å². The first-order valence-corrected chi connectivity index (χ1v) is 15.9. The van der Waals surface area contributed by atoms with E-state index in [4.69, 9.17) is 9.57 Å². The summed E-state index contributed by atoms with van der Waals surface area (Å²) in [5.74, 6) is -3.51. The molecule has 2 aromatic heterocycles. The number of hydrogen-bond acceptors (Lipinski definition) is 9. The molecule has 2 N–H and O–H groups in total. The number of pyridine rings is 1. The van der Waals surface area contributed by atoms with Gasteiger partial charge in [0.25, 0.3) is 0 Å². The number of carbonyl (C=O) groups is 2. The molecule has 0 atom stereocenters. The van der Waals surface area contributed by atoms with Crippen LogP contribution in [0.25, 0.3) is 21.8 Å². The Labute approximate surface area is 274 Å². The topological polar surface area (TPSA) is 145 Å². The second kappa shape index (κ2) is 12.4. The average molecular weight is 789 g/mol. The largest absolute Gasteiger partial charge is 0.534 e. The highest BCUT2D eigenvalue weighted by molar-refractivity contribution is 9.11. The van der Waals surface area contributed by atoms with Crippen molar-refractivity contribution in [2.75, 3.05) is 0 Å². The van der Waals surface area contributed by atoms with Crippen molar-refractivity contribution in [2.45, 2.75) is 18.3 Å². The molecule has 5 rings (SSSR count). The van der Waals surface area contributed by atoms with Crippen molar-refractivity contribution >= 4 is 75.7 Å². The molecule has 5 aromatic rings. The van der Waals surface area contributed by atoms with Crippen LogP contribution in [0.15, 0.2) is 75.7 Å². The number of alkyl halides is 3. The number of benzene rings is 3. The number of aromatic nitrogens is 2. The SMILES string of the molecule is C[n+]1c2ccccc2c(C(=O)Oc2c(Br)cc(CCC(=O)On3c(O)ccc3O)cc2Br)c2c(OS(=O)(=O)C(F)(F)F)cccc21. The van der Waals surface area contributed by atoms with Gasteiger partial charge in [-0.15, -0.1) is 4.73 Å². The van der Waals surface area contributed by atoms with Gasteiger partial charge in [0.05, 0.1) is 26.3 Å². The fourth-order valence-corrected chi connectivity index (χ4v) is 6.54. The van der Waals surface area contributed by atoms with Crippen molar-refractivity contribution in [1.82, 2.24) is 4.73 Å². The number of nitrogens with zero attached hydrogens (tertiary/aromatic N) is 2. The molecular formula is C29H20Br2F3N2O9S+. The van der Waals surface area contributed by atoms with Crippen molar-refractivity contribution in [2.24, 2.45) is 7.05 Å². The van der Waals surface area contributed by atoms with Crippen LogP contribution in [0.2, 0.25) is 0 Å². The lowest BCUT2D eigenvalue weighted by Gasteiger charge is -2.15. The molecule has 0 spiro atoms. The van der Waals surface area contributed by atoms with Gasteiger partial charge in [0.15, 0.2) is 11.5 Å². The van der Waals surface area contributed by atoms with Crippen LogP contribution in [0.3, 0.4) is 0 Å². The summed E-state index contributed by atoms with van der Waals surface area (Å²) in [7, 11) is -4.50. The number of rotatable bonds is 8. The highest BCUT2D eigenvalue weighted by Crippen LogP contribution is 2.39. The molecule has 0 aliphatic rings. The van der Waals surface area contributed by atoms with E-state index in [1.807, 2.05) is 0 Å². The summed E-state index contributed by atoms with van der Waals surface area (Å²) in [6, 6.07) is 15.6. The molecule has 0 fully saturated rings. The van der Waals surface area contributed by atoms with Gasteiger partial charge in [-0.1, -0.05) is 18.2 Å². The van der Waals surface area contributed by atoms with E-state index < -0.39 is 45.1 Å². The lowest BCUT2D eigenvalue weighted by molar-refractivity contribution is -0.617. The van der Waals surface area contributed by atoms with Crippen LogP contribution in [0.5, 0.6) is 23.3 Å². The minimum atomic E-state index is -6.09. The van der Waals surface area contributed by atoms with E-state index in [1.165, 1.54) is 18.2 Å². The van der Waals surface area contributed by atoms with Crippen LogP contribution in [0.1, 0.15) is 22.3 Å². The van der Waals surface area contributed by atoms with Gasteiger partial charge in [0, 0.05) is 24.3 Å². The summed E-state index contributed by atoms with van der Waals surface area (Å²) in [6.07, 6.45) is -0.0381. The standard InChI is InChI=1S/C29H19Br2F3N2O9S/c1-35-19-6-3-2-5-16(19)25(26-20(35)7-4-8-21(26)45-46(41,42)29(32,33)34)28(40)43-27-17(30)13-15(14-18(27)31)9-12-24(39)44-36-22(37)10-11-23(36)38/h2-8,10-11,13-14,40H,9,12H2,1H3/p+1. The number of aryl methyl sites for hydroxylation is 2. The lowest BCUT2D eigenvalue weighted by Crippen LogP contribution is -2.32. The lowest BCUT2D eigenvalue weighted by atomic mass is 10.0. The number of carbonyl (C=O) groups excluding carboxylic acids is 2. The Balaban J connectivity index is 1.50. The van der Waals surface area contributed by atoms with Crippen molar-refractivity contribution in [3.63, 3.8) is 0 Å². The van der Waals surface area contributed by atoms with Gasteiger partial charge in [0.2, 0.25) is 22.8 Å². The molecule has 0 saturated carbocycles. The quantitative estimate of drug-likeness (QED) is 0.0514. The molecule has 2 heterocycles. The number of hydrogen-bond donors (Lipinski definition) is 2. The Bertz CT molecular complexity index is 2110. The molecule has 240 valence electrons. The fraction of sp³-hybridized carbons (Fsp3) is 0.138. The molecule has 0 aliphatic carbocycles. The summed E-state index contributed by atoms with van der Waals surface area (Å²) in [5.41, 5.74) is -4.73. The Morgan fingerprint density at radius 2 is 1.54 bits per heavy atom. The molecule has 46 heavy (non-hydrogen) atoms. The summed E-state index contributed by atoms with van der Waals surface area (Å²) < 4.78 is 76.6. The van der Waals surface area contributed by atoms with Gasteiger partial charge >= 0.3 is 27.6 Å². The second-order valence-corrected chi connectivity index (χ2v) is 12.9. The molecule has 17 heteroatoms. The molecular weight excluding hydrogens is 769 g/mol. The summed E-state index contributed by atoms with van der Waals surface area (Å²) in [6.45, 7) is 0. The molecule has 0 aliphatic heterocycles. The maximum absolute atomic E-state index is 13.9. The first-order chi connectivity index (χ1) is 21.6. The third-order valence-electron chi connectivity index (χ3n) is 6.70. The van der Waals surface area contributed by atoms with Gasteiger partial charge in [-0.25, -0.2) is 9.59 Å². The number of esters is 1. The minimum Gasteiger partial charge on any atom is -0.492 e. The molecule has 0 amide bonds. The van der Waals surface area contributed by atoms with Gasteiger partial charge < -0.3 is 24.0 Å². The normalized spacial score (nSPS) is 12.0. The average Bonchev–Trinajstić information content (AvgIpc) is 3.30. The van der Waals surface area contributed by atoms with E-state index in [0.29, 0.717) is 15.8 Å².